The van der Waals surface area contributed by atoms with Gasteiger partial charge in [-0.3, -0.25) is 0 Å². The highest BCUT2D eigenvalue weighted by molar-refractivity contribution is 5.86. The summed E-state index contributed by atoms with van der Waals surface area (Å²) in [4.78, 5) is 11.3. The molecule has 2 aromatic rings. The number of hydrogen-bond donors (Lipinski definition) is 1. The van der Waals surface area contributed by atoms with Gasteiger partial charge in [0.1, 0.15) is 17.2 Å². The van der Waals surface area contributed by atoms with Crippen molar-refractivity contribution < 1.29 is 23.4 Å². The zero-order chi connectivity index (χ0) is 14.9. The number of esters is 1. The van der Waals surface area contributed by atoms with Crippen LogP contribution in [-0.4, -0.2) is 18.2 Å². The molecule has 0 fully saturated rings. The highest BCUT2D eigenvalue weighted by atomic mass is 19.1. The molecule has 0 aliphatic rings. The SMILES string of the molecule is COC(=O)c1ccc(C(C)(O)c2ccc(C)c(F)c2)o1. The summed E-state index contributed by atoms with van der Waals surface area (Å²) in [5, 5.41) is 10.5. The molecule has 1 N–H and O–H groups in total. The Morgan fingerprint density at radius 1 is 1.35 bits per heavy atom. The smallest absolute Gasteiger partial charge is 0.373 e. The van der Waals surface area contributed by atoms with E-state index in [4.69, 9.17) is 4.42 Å². The maximum Gasteiger partial charge on any atom is 0.373 e. The maximum atomic E-state index is 13.6. The number of halogens is 1. The van der Waals surface area contributed by atoms with Gasteiger partial charge in [-0.2, -0.15) is 0 Å². The first-order valence-corrected chi connectivity index (χ1v) is 6.04. The van der Waals surface area contributed by atoms with Gasteiger partial charge in [-0.1, -0.05) is 12.1 Å². The number of carbonyl (C=O) groups is 1. The van der Waals surface area contributed by atoms with Crippen molar-refractivity contribution in [2.75, 3.05) is 7.11 Å². The van der Waals surface area contributed by atoms with Gasteiger partial charge in [-0.25, -0.2) is 9.18 Å². The van der Waals surface area contributed by atoms with Crippen LogP contribution in [0.25, 0.3) is 0 Å². The minimum absolute atomic E-state index is 0.0182. The largest absolute Gasteiger partial charge is 0.463 e. The predicted molar refractivity (Wildman–Crippen MR) is 69.9 cm³/mol. The molecule has 1 atom stereocenters. The number of furan rings is 1. The fourth-order valence-electron chi connectivity index (χ4n) is 1.85. The fraction of sp³-hybridized carbons (Fsp3) is 0.267. The Bertz CT molecular complexity index is 643. The number of rotatable bonds is 3. The van der Waals surface area contributed by atoms with Crippen LogP contribution in [0.2, 0.25) is 0 Å². The zero-order valence-electron chi connectivity index (χ0n) is 11.4. The Morgan fingerprint density at radius 3 is 2.65 bits per heavy atom. The Balaban J connectivity index is 2.40. The van der Waals surface area contributed by atoms with E-state index < -0.39 is 17.4 Å². The van der Waals surface area contributed by atoms with Gasteiger partial charge in [-0.05, 0) is 43.2 Å². The second kappa shape index (κ2) is 5.09. The van der Waals surface area contributed by atoms with E-state index >= 15 is 0 Å². The van der Waals surface area contributed by atoms with E-state index in [1.54, 1.807) is 19.1 Å². The van der Waals surface area contributed by atoms with Crippen molar-refractivity contribution in [3.63, 3.8) is 0 Å². The molecule has 0 aliphatic heterocycles. The van der Waals surface area contributed by atoms with E-state index in [0.29, 0.717) is 11.1 Å². The summed E-state index contributed by atoms with van der Waals surface area (Å²) in [6.45, 7) is 3.10. The monoisotopic (exact) mass is 278 g/mol. The van der Waals surface area contributed by atoms with Crippen molar-refractivity contribution in [1.29, 1.82) is 0 Å². The minimum atomic E-state index is -1.54. The third kappa shape index (κ3) is 2.44. The molecule has 0 spiro atoms. The highest BCUT2D eigenvalue weighted by Gasteiger charge is 2.31. The van der Waals surface area contributed by atoms with Crippen molar-refractivity contribution >= 4 is 5.97 Å². The van der Waals surface area contributed by atoms with Gasteiger partial charge in [0.15, 0.2) is 0 Å². The van der Waals surface area contributed by atoms with Crippen LogP contribution >= 0.6 is 0 Å². The Labute approximate surface area is 115 Å². The van der Waals surface area contributed by atoms with E-state index in [1.807, 2.05) is 0 Å². The molecule has 0 saturated carbocycles. The van der Waals surface area contributed by atoms with Gasteiger partial charge in [0.05, 0.1) is 7.11 Å². The van der Waals surface area contributed by atoms with E-state index in [-0.39, 0.29) is 11.5 Å². The lowest BCUT2D eigenvalue weighted by Gasteiger charge is -2.21. The number of aryl methyl sites for hydroxylation is 1. The van der Waals surface area contributed by atoms with Crippen molar-refractivity contribution in [3.05, 3.63) is 58.8 Å². The van der Waals surface area contributed by atoms with Gasteiger partial charge in [0.25, 0.3) is 0 Å². The third-order valence-electron chi connectivity index (χ3n) is 3.21. The number of methoxy groups -OCH3 is 1. The van der Waals surface area contributed by atoms with Crippen LogP contribution in [0.1, 0.15) is 34.4 Å². The molecule has 0 bridgehead atoms. The van der Waals surface area contributed by atoms with Gasteiger partial charge >= 0.3 is 5.97 Å². The zero-order valence-corrected chi connectivity index (χ0v) is 11.4. The van der Waals surface area contributed by atoms with Crippen molar-refractivity contribution in [1.82, 2.24) is 0 Å². The Morgan fingerprint density at radius 2 is 2.05 bits per heavy atom. The predicted octanol–water partition coefficient (Wildman–Crippen LogP) is 2.77. The number of hydrogen-bond acceptors (Lipinski definition) is 4. The molecule has 4 nitrogen and oxygen atoms in total. The average Bonchev–Trinajstić information content (AvgIpc) is 2.91. The molecule has 0 amide bonds. The summed E-state index contributed by atoms with van der Waals surface area (Å²) < 4.78 is 23.4. The van der Waals surface area contributed by atoms with Gasteiger partial charge in [0.2, 0.25) is 5.76 Å². The van der Waals surface area contributed by atoms with E-state index in [1.165, 1.54) is 32.2 Å². The van der Waals surface area contributed by atoms with Crippen LogP contribution < -0.4 is 0 Å². The van der Waals surface area contributed by atoms with Crippen LogP contribution in [0.4, 0.5) is 4.39 Å². The van der Waals surface area contributed by atoms with E-state index in [0.717, 1.165) is 0 Å². The fourth-order valence-corrected chi connectivity index (χ4v) is 1.85. The molecule has 106 valence electrons. The molecule has 0 radical (unpaired) electrons. The van der Waals surface area contributed by atoms with Crippen LogP contribution in [0.15, 0.2) is 34.7 Å². The normalized spacial score (nSPS) is 13.8. The molecule has 0 saturated heterocycles. The lowest BCUT2D eigenvalue weighted by molar-refractivity contribution is 0.0522. The number of benzene rings is 1. The molecule has 2 rings (SSSR count). The molecule has 20 heavy (non-hydrogen) atoms. The molecule has 1 heterocycles. The summed E-state index contributed by atoms with van der Waals surface area (Å²) in [6.07, 6.45) is 0. The second-order valence-corrected chi connectivity index (χ2v) is 4.69. The molecule has 1 aromatic heterocycles. The molecule has 0 aliphatic carbocycles. The number of carbonyl (C=O) groups excluding carboxylic acids is 1. The maximum absolute atomic E-state index is 13.6. The van der Waals surface area contributed by atoms with Crippen molar-refractivity contribution in [2.45, 2.75) is 19.4 Å². The molecular weight excluding hydrogens is 263 g/mol. The number of ether oxygens (including phenoxy) is 1. The molecule has 1 aromatic carbocycles. The standard InChI is InChI=1S/C15H15FO4/c1-9-4-5-10(8-11(9)16)15(2,18)13-7-6-12(20-13)14(17)19-3/h4-8,18H,1-3H3. The van der Waals surface area contributed by atoms with Crippen molar-refractivity contribution in [2.24, 2.45) is 0 Å². The van der Waals surface area contributed by atoms with Gasteiger partial charge < -0.3 is 14.3 Å². The van der Waals surface area contributed by atoms with Gasteiger partial charge in [-0.15, -0.1) is 0 Å². The van der Waals surface area contributed by atoms with E-state index in [9.17, 15) is 14.3 Å². The summed E-state index contributed by atoms with van der Waals surface area (Å²) in [5.74, 6) is -0.929. The highest BCUT2D eigenvalue weighted by Crippen LogP contribution is 2.31. The average molecular weight is 278 g/mol. The van der Waals surface area contributed by atoms with Gasteiger partial charge in [0, 0.05) is 0 Å². The first-order chi connectivity index (χ1) is 9.36. The second-order valence-electron chi connectivity index (χ2n) is 4.69. The summed E-state index contributed by atoms with van der Waals surface area (Å²) in [7, 11) is 1.23. The lowest BCUT2D eigenvalue weighted by Crippen LogP contribution is -2.22. The van der Waals surface area contributed by atoms with Crippen LogP contribution in [0, 0.1) is 12.7 Å². The van der Waals surface area contributed by atoms with Crippen LogP contribution in [0.5, 0.6) is 0 Å². The molecule has 5 heteroatoms. The quantitative estimate of drug-likeness (QED) is 0.877. The third-order valence-corrected chi connectivity index (χ3v) is 3.21. The topological polar surface area (TPSA) is 59.7 Å². The van der Waals surface area contributed by atoms with Crippen molar-refractivity contribution in [3.8, 4) is 0 Å². The first kappa shape index (κ1) is 14.3. The summed E-state index contributed by atoms with van der Waals surface area (Å²) >= 11 is 0. The summed E-state index contributed by atoms with van der Waals surface area (Å²) in [5.41, 5.74) is -0.716. The lowest BCUT2D eigenvalue weighted by atomic mass is 9.92. The van der Waals surface area contributed by atoms with Crippen LogP contribution in [0.3, 0.4) is 0 Å². The Hall–Kier alpha value is -2.14. The summed E-state index contributed by atoms with van der Waals surface area (Å²) in [6, 6.07) is 7.29. The minimum Gasteiger partial charge on any atom is -0.463 e. The van der Waals surface area contributed by atoms with E-state index in [2.05, 4.69) is 4.74 Å². The van der Waals surface area contributed by atoms with Crippen LogP contribution in [-0.2, 0) is 10.3 Å². The number of aliphatic hydroxyl groups is 1. The molecule has 1 unspecified atom stereocenters. The Kier molecular flexibility index (Phi) is 3.63. The first-order valence-electron chi connectivity index (χ1n) is 6.04. The molecular formula is C15H15FO4.